The van der Waals surface area contributed by atoms with Gasteiger partial charge in [-0.15, -0.1) is 20.2 Å². The summed E-state index contributed by atoms with van der Waals surface area (Å²) >= 11 is 0. The number of hydrogen-bond donors (Lipinski definition) is 1. The lowest BCUT2D eigenvalue weighted by atomic mass is 9.88. The molecule has 0 amide bonds. The van der Waals surface area contributed by atoms with Gasteiger partial charge in [-0.1, -0.05) is 21.6 Å². The van der Waals surface area contributed by atoms with E-state index in [1.807, 2.05) is 20.8 Å². The van der Waals surface area contributed by atoms with Crippen LogP contribution in [0.25, 0.3) is 0 Å². The molecule has 34 heavy (non-hydrogen) atoms. The first-order valence-electron chi connectivity index (χ1n) is 10.2. The molecule has 1 atom stereocenters. The average Bonchev–Trinajstić information content (AvgIpc) is 2.80. The van der Waals surface area contributed by atoms with Crippen LogP contribution in [0.15, 0.2) is 0 Å². The maximum absolute atomic E-state index is 11.1. The lowest BCUT2D eigenvalue weighted by Crippen LogP contribution is -2.38. The molecule has 0 aromatic heterocycles. The Hall–Kier alpha value is -2.45. The highest BCUT2D eigenvalue weighted by atomic mass is 33.1. The summed E-state index contributed by atoms with van der Waals surface area (Å²) in [4.78, 5) is 39.3. The average molecular weight is 523 g/mol. The van der Waals surface area contributed by atoms with Crippen molar-refractivity contribution in [3.8, 4) is 11.5 Å². The van der Waals surface area contributed by atoms with Gasteiger partial charge < -0.3 is 24.3 Å². The van der Waals surface area contributed by atoms with Gasteiger partial charge in [0.15, 0.2) is 11.9 Å². The zero-order valence-corrected chi connectivity index (χ0v) is 21.4. The molecule has 0 bridgehead atoms. The van der Waals surface area contributed by atoms with Gasteiger partial charge in [-0.3, -0.25) is 4.79 Å². The Kier molecular flexibility index (Phi) is 12.2. The molecule has 0 fully saturated rings. The third-order valence-corrected chi connectivity index (χ3v) is 7.84. The maximum Gasteiger partial charge on any atom is 0.294 e. The van der Waals surface area contributed by atoms with Gasteiger partial charge in [0.05, 0.1) is 11.9 Å². The van der Waals surface area contributed by atoms with Crippen LogP contribution in [-0.4, -0.2) is 65.1 Å². The fourth-order valence-corrected chi connectivity index (χ4v) is 5.16. The van der Waals surface area contributed by atoms with Crippen molar-refractivity contribution in [3.05, 3.63) is 42.5 Å². The van der Waals surface area contributed by atoms with E-state index in [-0.39, 0.29) is 13.2 Å². The zero-order chi connectivity index (χ0) is 25.9. The van der Waals surface area contributed by atoms with Crippen LogP contribution >= 0.6 is 21.6 Å². The molecule has 0 saturated carbocycles. The lowest BCUT2D eigenvalue weighted by molar-refractivity contribution is -0.765. The molecule has 1 heterocycles. The van der Waals surface area contributed by atoms with Gasteiger partial charge in [0.1, 0.15) is 24.7 Å². The predicted molar refractivity (Wildman–Crippen MR) is 127 cm³/mol. The molecule has 0 aliphatic carbocycles. The smallest absolute Gasteiger partial charge is 0.294 e. The molecule has 14 heteroatoms. The number of nitrogens with zero attached hydrogens (tertiary/aromatic N) is 2. The number of phenolic OH excluding ortho intramolecular Hbond substituents is 1. The van der Waals surface area contributed by atoms with E-state index in [9.17, 15) is 30.1 Å². The van der Waals surface area contributed by atoms with Gasteiger partial charge in [0.25, 0.3) is 10.2 Å². The fraction of sp³-hybridized carbons (Fsp3) is 0.650. The van der Waals surface area contributed by atoms with Crippen molar-refractivity contribution < 1.29 is 39.2 Å². The molecule has 1 unspecified atom stereocenters. The molecule has 192 valence electrons. The van der Waals surface area contributed by atoms with Crippen molar-refractivity contribution in [2.75, 3.05) is 32.7 Å². The molecule has 1 aliphatic rings. The van der Waals surface area contributed by atoms with Gasteiger partial charge in [-0.2, -0.15) is 0 Å². The summed E-state index contributed by atoms with van der Waals surface area (Å²) in [5.74, 6) is 1.78. The Morgan fingerprint density at radius 3 is 2.24 bits per heavy atom. The molecule has 1 aliphatic heterocycles. The first-order valence-corrected chi connectivity index (χ1v) is 12.6. The summed E-state index contributed by atoms with van der Waals surface area (Å²) in [6, 6.07) is 0. The number of aromatic hydroxyl groups is 1. The van der Waals surface area contributed by atoms with Crippen molar-refractivity contribution in [3.63, 3.8) is 0 Å². The highest BCUT2D eigenvalue weighted by molar-refractivity contribution is 8.77. The second-order valence-electron chi connectivity index (χ2n) is 7.64. The van der Waals surface area contributed by atoms with Crippen LogP contribution in [0.4, 0.5) is 0 Å². The number of methoxy groups -OCH3 is 1. The lowest BCUT2D eigenvalue weighted by Gasteiger charge is -2.34. The number of ether oxygens (including phenoxy) is 2. The number of hydrogen-bond acceptors (Lipinski definition) is 12. The zero-order valence-electron chi connectivity index (χ0n) is 19.7. The molecule has 0 spiro atoms. The van der Waals surface area contributed by atoms with E-state index in [4.69, 9.17) is 9.47 Å². The summed E-state index contributed by atoms with van der Waals surface area (Å²) in [6.07, 6.45) is 2.30. The van der Waals surface area contributed by atoms with E-state index in [0.717, 1.165) is 40.7 Å². The van der Waals surface area contributed by atoms with Crippen LogP contribution in [0.2, 0.25) is 0 Å². The van der Waals surface area contributed by atoms with Crippen molar-refractivity contribution in [2.45, 2.75) is 51.4 Å². The summed E-state index contributed by atoms with van der Waals surface area (Å²) in [5, 5.41) is 27.6. The summed E-state index contributed by atoms with van der Waals surface area (Å²) in [5.41, 5.74) is 2.93. The summed E-state index contributed by atoms with van der Waals surface area (Å²) in [7, 11) is 4.15. The number of aldehydes is 1. The number of rotatable bonds is 12. The van der Waals surface area contributed by atoms with Crippen molar-refractivity contribution in [1.29, 1.82) is 0 Å². The highest BCUT2D eigenvalue weighted by Crippen LogP contribution is 2.42. The first-order chi connectivity index (χ1) is 16.0. The van der Waals surface area contributed by atoms with Crippen LogP contribution in [-0.2, 0) is 25.6 Å². The third kappa shape index (κ3) is 9.06. The van der Waals surface area contributed by atoms with E-state index in [1.165, 1.54) is 21.6 Å². The number of fused-ring (bicyclic) bond motifs is 1. The van der Waals surface area contributed by atoms with Crippen LogP contribution < -0.4 is 4.74 Å². The van der Waals surface area contributed by atoms with Crippen LogP contribution in [0.5, 0.6) is 11.5 Å². The normalized spacial score (nSPS) is 16.5. The van der Waals surface area contributed by atoms with E-state index in [0.29, 0.717) is 24.5 Å². The fourth-order valence-electron chi connectivity index (χ4n) is 3.00. The molecule has 12 nitrogen and oxygen atoms in total. The number of phenols is 1. The Bertz CT molecular complexity index is 852. The Morgan fingerprint density at radius 1 is 1.15 bits per heavy atom. The highest BCUT2D eigenvalue weighted by Gasteiger charge is 2.34. The minimum atomic E-state index is -0.945. The van der Waals surface area contributed by atoms with E-state index in [2.05, 4.69) is 9.68 Å². The Labute approximate surface area is 205 Å². The SMILES string of the molecule is COCCSSC(CO[N+](=O)[O-])CO[N+](=O)[O-].Cc1c(C)c2c(c(C)c1O)CCC(C)(C=O)O2. The van der Waals surface area contributed by atoms with Crippen molar-refractivity contribution in [1.82, 2.24) is 0 Å². The van der Waals surface area contributed by atoms with Gasteiger partial charge >= 0.3 is 0 Å². The quantitative estimate of drug-likeness (QED) is 0.140. The monoisotopic (exact) mass is 522 g/mol. The minimum Gasteiger partial charge on any atom is -0.507 e. The van der Waals surface area contributed by atoms with Crippen LogP contribution in [0.1, 0.15) is 35.6 Å². The maximum atomic E-state index is 11.1. The summed E-state index contributed by atoms with van der Waals surface area (Å²) < 4.78 is 10.6. The second-order valence-corrected chi connectivity index (χ2v) is 10.4. The molecule has 1 aromatic carbocycles. The molecule has 1 aromatic rings. The number of carbonyl (C=O) groups is 1. The molecule has 1 N–H and O–H groups in total. The van der Waals surface area contributed by atoms with E-state index < -0.39 is 21.0 Å². The first kappa shape index (κ1) is 29.6. The Balaban J connectivity index is 0.000000340. The van der Waals surface area contributed by atoms with Gasteiger partial charge in [-0.05, 0) is 57.2 Å². The number of benzene rings is 1. The summed E-state index contributed by atoms with van der Waals surface area (Å²) in [6.45, 7) is 7.50. The molecular formula is C20H30N2O10S2. The largest absolute Gasteiger partial charge is 0.507 e. The van der Waals surface area contributed by atoms with Crippen LogP contribution in [0, 0.1) is 41.0 Å². The standard InChI is InChI=1S/C14H18O3.C6H12N2O7S2/c1-8-9(2)13-11(10(3)12(8)16)5-6-14(4,7-15)17-13;1-13-2-3-16-17-6(4-14-7(9)10)5-15-8(11)12/h7,16H,5-6H2,1-4H3;6H,2-5H2,1H3. The van der Waals surface area contributed by atoms with Gasteiger partial charge in [-0.25, -0.2) is 0 Å². The predicted octanol–water partition coefficient (Wildman–Crippen LogP) is 3.40. The van der Waals surface area contributed by atoms with Crippen LogP contribution in [0.3, 0.4) is 0 Å². The molecule has 0 saturated heterocycles. The minimum absolute atomic E-state index is 0.258. The van der Waals surface area contributed by atoms with Gasteiger partial charge in [0, 0.05) is 18.4 Å². The van der Waals surface area contributed by atoms with E-state index >= 15 is 0 Å². The topological polar surface area (TPSA) is 160 Å². The molecule has 2 rings (SSSR count). The van der Waals surface area contributed by atoms with E-state index in [1.54, 1.807) is 14.0 Å². The number of carbonyl (C=O) groups excluding carboxylic acids is 1. The van der Waals surface area contributed by atoms with Crippen molar-refractivity contribution >= 4 is 27.9 Å². The van der Waals surface area contributed by atoms with Crippen molar-refractivity contribution in [2.24, 2.45) is 0 Å². The third-order valence-electron chi connectivity index (χ3n) is 5.10. The molecular weight excluding hydrogens is 492 g/mol. The van der Waals surface area contributed by atoms with Gasteiger partial charge in [0.2, 0.25) is 0 Å². The molecule has 0 radical (unpaired) electrons. The Morgan fingerprint density at radius 2 is 1.74 bits per heavy atom. The second kappa shape index (κ2) is 14.1.